The SMILES string of the molecule is COC(=O)CC1(c2[c]nccc2)CCCCC1. The van der Waals surface area contributed by atoms with Crippen molar-refractivity contribution >= 4 is 5.97 Å². The summed E-state index contributed by atoms with van der Waals surface area (Å²) >= 11 is 0. The van der Waals surface area contributed by atoms with Crippen LogP contribution in [0.15, 0.2) is 18.3 Å². The Hall–Kier alpha value is -1.38. The number of carbonyl (C=O) groups is 1. The molecule has 0 aliphatic heterocycles. The summed E-state index contributed by atoms with van der Waals surface area (Å²) in [6, 6.07) is 3.95. The lowest BCUT2D eigenvalue weighted by molar-refractivity contribution is -0.142. The smallest absolute Gasteiger partial charge is 0.306 e. The third kappa shape index (κ3) is 2.65. The topological polar surface area (TPSA) is 39.2 Å². The number of aromatic nitrogens is 1. The summed E-state index contributed by atoms with van der Waals surface area (Å²) in [5, 5.41) is 0. The van der Waals surface area contributed by atoms with E-state index in [1.807, 2.05) is 12.1 Å². The molecule has 0 bridgehead atoms. The molecule has 1 aromatic heterocycles. The van der Waals surface area contributed by atoms with E-state index in [0.717, 1.165) is 18.4 Å². The fourth-order valence-corrected chi connectivity index (χ4v) is 2.74. The van der Waals surface area contributed by atoms with E-state index >= 15 is 0 Å². The molecule has 0 N–H and O–H groups in total. The molecule has 0 saturated heterocycles. The van der Waals surface area contributed by atoms with Gasteiger partial charge in [0.25, 0.3) is 0 Å². The Kier molecular flexibility index (Phi) is 3.77. The maximum atomic E-state index is 11.6. The molecule has 91 valence electrons. The Morgan fingerprint density at radius 1 is 1.47 bits per heavy atom. The van der Waals surface area contributed by atoms with Gasteiger partial charge in [-0.2, -0.15) is 0 Å². The first kappa shape index (κ1) is 12.1. The molecule has 0 spiro atoms. The van der Waals surface area contributed by atoms with Crippen LogP contribution in [0.2, 0.25) is 0 Å². The van der Waals surface area contributed by atoms with Gasteiger partial charge in [-0.05, 0) is 24.5 Å². The van der Waals surface area contributed by atoms with Gasteiger partial charge in [0.1, 0.15) is 0 Å². The summed E-state index contributed by atoms with van der Waals surface area (Å²) in [7, 11) is 1.45. The average molecular weight is 232 g/mol. The van der Waals surface area contributed by atoms with Gasteiger partial charge in [-0.15, -0.1) is 0 Å². The van der Waals surface area contributed by atoms with Crippen LogP contribution >= 0.6 is 0 Å². The minimum absolute atomic E-state index is 0.0976. The molecule has 1 heterocycles. The van der Waals surface area contributed by atoms with Crippen molar-refractivity contribution in [3.05, 3.63) is 30.1 Å². The molecule has 1 aromatic rings. The zero-order chi connectivity index (χ0) is 12.1. The predicted octanol–water partition coefficient (Wildman–Crippen LogP) is 2.65. The van der Waals surface area contributed by atoms with Crippen molar-refractivity contribution in [3.8, 4) is 0 Å². The number of rotatable bonds is 3. The minimum Gasteiger partial charge on any atom is -0.469 e. The molecular weight excluding hydrogens is 214 g/mol. The van der Waals surface area contributed by atoms with E-state index in [2.05, 4.69) is 11.2 Å². The van der Waals surface area contributed by atoms with Crippen LogP contribution in [0.5, 0.6) is 0 Å². The van der Waals surface area contributed by atoms with E-state index < -0.39 is 0 Å². The Balaban J connectivity index is 2.26. The summed E-state index contributed by atoms with van der Waals surface area (Å²) in [5.74, 6) is -0.135. The molecule has 1 fully saturated rings. The normalized spacial score (nSPS) is 18.6. The fraction of sp³-hybridized carbons (Fsp3) is 0.571. The van der Waals surface area contributed by atoms with E-state index in [1.165, 1.54) is 26.4 Å². The fourth-order valence-electron chi connectivity index (χ4n) is 2.74. The number of esters is 1. The number of hydrogen-bond donors (Lipinski definition) is 0. The zero-order valence-corrected chi connectivity index (χ0v) is 10.2. The largest absolute Gasteiger partial charge is 0.469 e. The Morgan fingerprint density at radius 2 is 2.24 bits per heavy atom. The highest BCUT2D eigenvalue weighted by atomic mass is 16.5. The molecule has 0 amide bonds. The second-order valence-corrected chi connectivity index (χ2v) is 4.76. The first-order chi connectivity index (χ1) is 8.27. The molecular formula is C14H18NO2. The van der Waals surface area contributed by atoms with Gasteiger partial charge >= 0.3 is 5.97 Å². The standard InChI is InChI=1S/C14H18NO2/c1-17-13(16)10-14(7-3-2-4-8-14)12-6-5-9-15-11-12/h5-6,9H,2-4,7-8,10H2,1H3. The molecule has 3 nitrogen and oxygen atoms in total. The zero-order valence-electron chi connectivity index (χ0n) is 10.2. The van der Waals surface area contributed by atoms with Crippen molar-refractivity contribution < 1.29 is 9.53 Å². The van der Waals surface area contributed by atoms with Crippen LogP contribution in [0.1, 0.15) is 44.1 Å². The summed E-state index contributed by atoms with van der Waals surface area (Å²) < 4.78 is 4.83. The lowest BCUT2D eigenvalue weighted by Crippen LogP contribution is -2.32. The van der Waals surface area contributed by atoms with Crippen molar-refractivity contribution in [1.82, 2.24) is 4.98 Å². The molecule has 0 atom stereocenters. The van der Waals surface area contributed by atoms with Crippen molar-refractivity contribution in [2.45, 2.75) is 43.9 Å². The van der Waals surface area contributed by atoms with Crippen LogP contribution in [0.4, 0.5) is 0 Å². The maximum absolute atomic E-state index is 11.6. The molecule has 0 aromatic carbocycles. The number of methoxy groups -OCH3 is 1. The third-order valence-electron chi connectivity index (χ3n) is 3.70. The summed E-state index contributed by atoms with van der Waals surface area (Å²) in [6.45, 7) is 0. The Morgan fingerprint density at radius 3 is 2.82 bits per heavy atom. The van der Waals surface area contributed by atoms with Gasteiger partial charge in [0.15, 0.2) is 0 Å². The predicted molar refractivity (Wildman–Crippen MR) is 64.5 cm³/mol. The van der Waals surface area contributed by atoms with E-state index in [9.17, 15) is 4.79 Å². The van der Waals surface area contributed by atoms with Crippen molar-refractivity contribution in [3.63, 3.8) is 0 Å². The second kappa shape index (κ2) is 5.30. The Labute approximate surface area is 102 Å². The van der Waals surface area contributed by atoms with Crippen LogP contribution in [-0.2, 0) is 14.9 Å². The second-order valence-electron chi connectivity index (χ2n) is 4.76. The lowest BCUT2D eigenvalue weighted by atomic mass is 9.68. The molecule has 1 aliphatic carbocycles. The van der Waals surface area contributed by atoms with E-state index in [1.54, 1.807) is 6.20 Å². The highest BCUT2D eigenvalue weighted by molar-refractivity contribution is 5.71. The highest BCUT2D eigenvalue weighted by Gasteiger charge is 2.36. The van der Waals surface area contributed by atoms with Gasteiger partial charge in [0.05, 0.1) is 19.7 Å². The minimum atomic E-state index is -0.135. The summed E-state index contributed by atoms with van der Waals surface area (Å²) in [5.41, 5.74) is 0.963. The number of hydrogen-bond acceptors (Lipinski definition) is 3. The average Bonchev–Trinajstić information content (AvgIpc) is 2.40. The van der Waals surface area contributed by atoms with Gasteiger partial charge in [-0.1, -0.05) is 25.3 Å². The van der Waals surface area contributed by atoms with Crippen molar-refractivity contribution in [2.75, 3.05) is 7.11 Å². The van der Waals surface area contributed by atoms with Crippen LogP contribution in [0.25, 0.3) is 0 Å². The maximum Gasteiger partial charge on any atom is 0.306 e. The van der Waals surface area contributed by atoms with Crippen molar-refractivity contribution in [2.24, 2.45) is 0 Å². The van der Waals surface area contributed by atoms with Crippen LogP contribution in [0, 0.1) is 6.20 Å². The van der Waals surface area contributed by atoms with Gasteiger partial charge in [-0.3, -0.25) is 9.78 Å². The number of carbonyl (C=O) groups excluding carboxylic acids is 1. The number of nitrogens with zero attached hydrogens (tertiary/aromatic N) is 1. The monoisotopic (exact) mass is 232 g/mol. The van der Waals surface area contributed by atoms with Crippen LogP contribution < -0.4 is 0 Å². The van der Waals surface area contributed by atoms with Gasteiger partial charge in [-0.25, -0.2) is 0 Å². The third-order valence-corrected chi connectivity index (χ3v) is 3.70. The molecule has 1 radical (unpaired) electrons. The van der Waals surface area contributed by atoms with E-state index in [4.69, 9.17) is 4.74 Å². The lowest BCUT2D eigenvalue weighted by Gasteiger charge is -2.36. The molecule has 0 unspecified atom stereocenters. The first-order valence-corrected chi connectivity index (χ1v) is 6.17. The molecule has 1 aliphatic rings. The number of pyridine rings is 1. The van der Waals surface area contributed by atoms with Crippen molar-refractivity contribution in [1.29, 1.82) is 0 Å². The van der Waals surface area contributed by atoms with E-state index in [0.29, 0.717) is 6.42 Å². The first-order valence-electron chi connectivity index (χ1n) is 6.17. The quantitative estimate of drug-likeness (QED) is 0.752. The van der Waals surface area contributed by atoms with Crippen LogP contribution in [-0.4, -0.2) is 18.1 Å². The van der Waals surface area contributed by atoms with Gasteiger partial charge in [0.2, 0.25) is 0 Å². The Bertz CT molecular complexity index is 369. The molecule has 3 heteroatoms. The summed E-state index contributed by atoms with van der Waals surface area (Å²) in [6.07, 6.45) is 10.9. The highest BCUT2D eigenvalue weighted by Crippen LogP contribution is 2.41. The van der Waals surface area contributed by atoms with E-state index in [-0.39, 0.29) is 11.4 Å². The number of ether oxygens (including phenoxy) is 1. The van der Waals surface area contributed by atoms with Gasteiger partial charge in [0, 0.05) is 11.6 Å². The molecule has 17 heavy (non-hydrogen) atoms. The summed E-state index contributed by atoms with van der Waals surface area (Å²) in [4.78, 5) is 15.7. The van der Waals surface area contributed by atoms with Crippen LogP contribution in [0.3, 0.4) is 0 Å². The molecule has 2 rings (SSSR count). The molecule has 1 saturated carbocycles. The van der Waals surface area contributed by atoms with Gasteiger partial charge < -0.3 is 4.74 Å².